The lowest BCUT2D eigenvalue weighted by Gasteiger charge is -2.16. The van der Waals surface area contributed by atoms with E-state index in [0.29, 0.717) is 12.1 Å². The van der Waals surface area contributed by atoms with Gasteiger partial charge in [-0.15, -0.1) is 0 Å². The number of anilines is 1. The van der Waals surface area contributed by atoms with Crippen LogP contribution in [0.3, 0.4) is 0 Å². The van der Waals surface area contributed by atoms with Gasteiger partial charge in [-0.05, 0) is 31.0 Å². The third-order valence-electron chi connectivity index (χ3n) is 2.43. The second kappa shape index (κ2) is 6.40. The van der Waals surface area contributed by atoms with Crippen LogP contribution in [-0.4, -0.2) is 18.0 Å². The van der Waals surface area contributed by atoms with E-state index in [0.717, 1.165) is 12.1 Å². The van der Waals surface area contributed by atoms with E-state index < -0.39 is 0 Å². The minimum atomic E-state index is -0.0346. The van der Waals surface area contributed by atoms with Gasteiger partial charge in [-0.2, -0.15) is 0 Å². The molecule has 0 fully saturated rings. The van der Waals surface area contributed by atoms with Gasteiger partial charge in [-0.25, -0.2) is 0 Å². The molecule has 1 unspecified atom stereocenters. The summed E-state index contributed by atoms with van der Waals surface area (Å²) in [6.07, 6.45) is 0.999. The van der Waals surface area contributed by atoms with Crippen LogP contribution in [0.1, 0.15) is 33.3 Å². The predicted octanol–water partition coefficient (Wildman–Crippen LogP) is 2.57. The van der Waals surface area contributed by atoms with E-state index in [1.165, 1.54) is 12.5 Å². The largest absolute Gasteiger partial charge is 0.326 e. The van der Waals surface area contributed by atoms with E-state index >= 15 is 0 Å². The van der Waals surface area contributed by atoms with Crippen molar-refractivity contribution in [2.24, 2.45) is 0 Å². The zero-order chi connectivity index (χ0) is 12.8. The molecule has 0 radical (unpaired) electrons. The second-order valence-electron chi connectivity index (χ2n) is 4.80. The molecule has 94 valence electrons. The number of hydrogen-bond donors (Lipinski definition) is 2. The molecule has 3 heteroatoms. The minimum Gasteiger partial charge on any atom is -0.326 e. The summed E-state index contributed by atoms with van der Waals surface area (Å²) in [5.74, 6) is -0.0346. The van der Waals surface area contributed by atoms with Gasteiger partial charge in [0.15, 0.2) is 0 Å². The van der Waals surface area contributed by atoms with Crippen molar-refractivity contribution in [2.45, 2.75) is 46.2 Å². The molecule has 1 atom stereocenters. The van der Waals surface area contributed by atoms with Gasteiger partial charge in [-0.3, -0.25) is 4.79 Å². The molecule has 1 rings (SSSR count). The van der Waals surface area contributed by atoms with Crippen molar-refractivity contribution in [1.29, 1.82) is 0 Å². The molecular formula is C14H22N2O. The van der Waals surface area contributed by atoms with E-state index in [4.69, 9.17) is 0 Å². The highest BCUT2D eigenvalue weighted by Gasteiger charge is 2.04. The van der Waals surface area contributed by atoms with E-state index in [2.05, 4.69) is 43.5 Å². The Balaban J connectivity index is 2.53. The maximum Gasteiger partial charge on any atom is 0.221 e. The maximum absolute atomic E-state index is 10.9. The first-order valence-electron chi connectivity index (χ1n) is 6.10. The Morgan fingerprint density at radius 1 is 1.18 bits per heavy atom. The minimum absolute atomic E-state index is 0.0346. The number of amides is 1. The quantitative estimate of drug-likeness (QED) is 0.822. The van der Waals surface area contributed by atoms with Crippen LogP contribution < -0.4 is 10.6 Å². The summed E-state index contributed by atoms with van der Waals surface area (Å²) >= 11 is 0. The van der Waals surface area contributed by atoms with Gasteiger partial charge in [0, 0.05) is 24.7 Å². The van der Waals surface area contributed by atoms with Gasteiger partial charge in [0.05, 0.1) is 0 Å². The van der Waals surface area contributed by atoms with Crippen molar-refractivity contribution >= 4 is 11.6 Å². The number of carbonyl (C=O) groups excluding carboxylic acids is 1. The summed E-state index contributed by atoms with van der Waals surface area (Å²) in [6, 6.07) is 8.97. The normalized spacial score (nSPS) is 12.5. The monoisotopic (exact) mass is 234 g/mol. The molecule has 0 aliphatic heterocycles. The van der Waals surface area contributed by atoms with Gasteiger partial charge >= 0.3 is 0 Å². The zero-order valence-electron chi connectivity index (χ0n) is 11.1. The Morgan fingerprint density at radius 2 is 1.76 bits per heavy atom. The predicted molar refractivity (Wildman–Crippen MR) is 72.2 cm³/mol. The van der Waals surface area contributed by atoms with Crippen LogP contribution in [0.5, 0.6) is 0 Å². The van der Waals surface area contributed by atoms with Crippen molar-refractivity contribution in [1.82, 2.24) is 5.32 Å². The first-order chi connectivity index (χ1) is 7.97. The van der Waals surface area contributed by atoms with Gasteiger partial charge < -0.3 is 10.6 Å². The highest BCUT2D eigenvalue weighted by molar-refractivity contribution is 5.88. The summed E-state index contributed by atoms with van der Waals surface area (Å²) in [6.45, 7) is 8.00. The van der Waals surface area contributed by atoms with Crippen molar-refractivity contribution in [3.8, 4) is 0 Å². The van der Waals surface area contributed by atoms with Crippen LogP contribution in [0, 0.1) is 0 Å². The summed E-state index contributed by atoms with van der Waals surface area (Å²) in [4.78, 5) is 10.9. The smallest absolute Gasteiger partial charge is 0.221 e. The summed E-state index contributed by atoms with van der Waals surface area (Å²) in [7, 11) is 0. The van der Waals surface area contributed by atoms with Crippen LogP contribution in [0.2, 0.25) is 0 Å². The highest BCUT2D eigenvalue weighted by Crippen LogP contribution is 2.11. The molecule has 1 aromatic carbocycles. The molecule has 2 N–H and O–H groups in total. The average Bonchev–Trinajstić information content (AvgIpc) is 2.18. The number of hydrogen-bond acceptors (Lipinski definition) is 2. The topological polar surface area (TPSA) is 41.1 Å². The van der Waals surface area contributed by atoms with Gasteiger partial charge in [0.2, 0.25) is 5.91 Å². The van der Waals surface area contributed by atoms with E-state index in [9.17, 15) is 4.79 Å². The first-order valence-corrected chi connectivity index (χ1v) is 6.10. The molecule has 0 aliphatic rings. The highest BCUT2D eigenvalue weighted by atomic mass is 16.1. The summed E-state index contributed by atoms with van der Waals surface area (Å²) in [5, 5.41) is 6.23. The van der Waals surface area contributed by atoms with Gasteiger partial charge in [0.1, 0.15) is 0 Å². The lowest BCUT2D eigenvalue weighted by molar-refractivity contribution is -0.114. The molecule has 0 bridgehead atoms. The van der Waals surface area contributed by atoms with E-state index in [-0.39, 0.29) is 5.91 Å². The van der Waals surface area contributed by atoms with Gasteiger partial charge in [0.25, 0.3) is 0 Å². The fourth-order valence-electron chi connectivity index (χ4n) is 1.91. The summed E-state index contributed by atoms with van der Waals surface area (Å²) < 4.78 is 0. The molecule has 0 heterocycles. The molecule has 0 saturated heterocycles. The average molecular weight is 234 g/mol. The molecule has 3 nitrogen and oxygen atoms in total. The SMILES string of the molecule is CC(=O)Nc1ccc(CC(C)NC(C)C)cc1. The number of carbonyl (C=O) groups is 1. The standard InChI is InChI=1S/C14H22N2O/c1-10(2)15-11(3)9-13-5-7-14(8-6-13)16-12(4)17/h5-8,10-11,15H,9H2,1-4H3,(H,16,17). The van der Waals surface area contributed by atoms with Crippen LogP contribution >= 0.6 is 0 Å². The van der Waals surface area contributed by atoms with Crippen LogP contribution in [-0.2, 0) is 11.2 Å². The Morgan fingerprint density at radius 3 is 2.24 bits per heavy atom. The Hall–Kier alpha value is -1.35. The zero-order valence-corrected chi connectivity index (χ0v) is 11.1. The molecule has 1 amide bonds. The molecule has 17 heavy (non-hydrogen) atoms. The van der Waals surface area contributed by atoms with Crippen LogP contribution in [0.4, 0.5) is 5.69 Å². The maximum atomic E-state index is 10.9. The summed E-state index contributed by atoms with van der Waals surface area (Å²) in [5.41, 5.74) is 2.13. The molecule has 1 aromatic rings. The fraction of sp³-hybridized carbons (Fsp3) is 0.500. The second-order valence-corrected chi connectivity index (χ2v) is 4.80. The van der Waals surface area contributed by atoms with Crippen molar-refractivity contribution in [3.05, 3.63) is 29.8 Å². The third-order valence-corrected chi connectivity index (χ3v) is 2.43. The van der Waals surface area contributed by atoms with Crippen molar-refractivity contribution in [3.63, 3.8) is 0 Å². The molecule has 0 aromatic heterocycles. The number of nitrogens with one attached hydrogen (secondary N) is 2. The Labute approximate surface area is 104 Å². The molecule has 0 aliphatic carbocycles. The number of benzene rings is 1. The first kappa shape index (κ1) is 13.7. The molecule has 0 spiro atoms. The molecular weight excluding hydrogens is 212 g/mol. The lowest BCUT2D eigenvalue weighted by Crippen LogP contribution is -2.33. The lowest BCUT2D eigenvalue weighted by atomic mass is 10.1. The van der Waals surface area contributed by atoms with Crippen LogP contribution in [0.25, 0.3) is 0 Å². The van der Waals surface area contributed by atoms with E-state index in [1.54, 1.807) is 0 Å². The van der Waals surface area contributed by atoms with E-state index in [1.807, 2.05) is 12.1 Å². The van der Waals surface area contributed by atoms with Crippen molar-refractivity contribution < 1.29 is 4.79 Å². The third kappa shape index (κ3) is 5.50. The van der Waals surface area contributed by atoms with Gasteiger partial charge in [-0.1, -0.05) is 26.0 Å². The van der Waals surface area contributed by atoms with Crippen molar-refractivity contribution in [2.75, 3.05) is 5.32 Å². The molecule has 0 saturated carbocycles. The Kier molecular flexibility index (Phi) is 5.16. The van der Waals surface area contributed by atoms with Crippen LogP contribution in [0.15, 0.2) is 24.3 Å². The number of rotatable bonds is 5. The Bertz CT molecular complexity index is 357. The fourth-order valence-corrected chi connectivity index (χ4v) is 1.91.